The van der Waals surface area contributed by atoms with Crippen molar-refractivity contribution >= 4 is 15.9 Å². The van der Waals surface area contributed by atoms with E-state index in [4.69, 9.17) is 15.1 Å². The number of amidine groups is 1. The number of rotatable bonds is 8. The minimum atomic E-state index is -3.16. The molecule has 2 aromatic carbocycles. The molecule has 0 radical (unpaired) electrons. The molecule has 2 heterocycles. The van der Waals surface area contributed by atoms with Crippen LogP contribution in [-0.2, 0) is 23.1 Å². The minimum absolute atomic E-state index is 0.428. The van der Waals surface area contributed by atoms with E-state index in [-0.39, 0.29) is 0 Å². The van der Waals surface area contributed by atoms with Gasteiger partial charge in [0.05, 0.1) is 17.8 Å². The normalized spacial score (nSPS) is 14.8. The molecule has 0 bridgehead atoms. The fraction of sp³-hybridized carbons (Fsp3) is 0.360. The molecule has 0 saturated carbocycles. The number of imidazole rings is 1. The largest absolute Gasteiger partial charge is 0.489 e. The Morgan fingerprint density at radius 1 is 1.06 bits per heavy atom. The van der Waals surface area contributed by atoms with Crippen molar-refractivity contribution in [3.8, 4) is 17.1 Å². The number of aromatic amines is 1. The van der Waals surface area contributed by atoms with Crippen molar-refractivity contribution < 1.29 is 13.2 Å². The Balaban J connectivity index is 1.30. The van der Waals surface area contributed by atoms with Crippen LogP contribution in [-0.4, -0.2) is 65.9 Å². The zero-order chi connectivity index (χ0) is 24.1. The van der Waals surface area contributed by atoms with Gasteiger partial charge in [-0.25, -0.2) is 13.4 Å². The predicted octanol–water partition coefficient (Wildman–Crippen LogP) is 3.45. The molecule has 1 aromatic heterocycles. The predicted molar refractivity (Wildman–Crippen MR) is 134 cm³/mol. The number of sulfonamides is 1. The summed E-state index contributed by atoms with van der Waals surface area (Å²) in [5, 5.41) is 8.43. The van der Waals surface area contributed by atoms with Crippen LogP contribution in [0.15, 0.2) is 54.6 Å². The Morgan fingerprint density at radius 2 is 1.74 bits per heavy atom. The zero-order valence-corrected chi connectivity index (χ0v) is 20.4. The second-order valence-electron chi connectivity index (χ2n) is 8.55. The Hall–Kier alpha value is -3.17. The van der Waals surface area contributed by atoms with Crippen molar-refractivity contribution in [3.05, 3.63) is 71.5 Å². The van der Waals surface area contributed by atoms with Gasteiger partial charge in [-0.05, 0) is 43.2 Å². The summed E-state index contributed by atoms with van der Waals surface area (Å²) in [4.78, 5) is 10.1. The average Bonchev–Trinajstić information content (AvgIpc) is 3.22. The molecule has 180 valence electrons. The summed E-state index contributed by atoms with van der Waals surface area (Å²) in [6, 6.07) is 17.9. The van der Waals surface area contributed by atoms with E-state index >= 15 is 0 Å². The van der Waals surface area contributed by atoms with Gasteiger partial charge in [-0.2, -0.15) is 4.31 Å². The highest BCUT2D eigenvalue weighted by atomic mass is 32.2. The molecule has 4 rings (SSSR count). The van der Waals surface area contributed by atoms with E-state index in [9.17, 15) is 8.42 Å². The third kappa shape index (κ3) is 6.03. The number of ether oxygens (including phenoxy) is 1. The van der Waals surface area contributed by atoms with Gasteiger partial charge in [0, 0.05) is 43.9 Å². The number of aryl methyl sites for hydroxylation is 2. The molecule has 0 unspecified atom stereocenters. The summed E-state index contributed by atoms with van der Waals surface area (Å²) in [6.45, 7) is 4.48. The third-order valence-corrected chi connectivity index (χ3v) is 7.35. The van der Waals surface area contributed by atoms with E-state index in [1.807, 2.05) is 66.4 Å². The first-order valence-corrected chi connectivity index (χ1v) is 13.2. The van der Waals surface area contributed by atoms with Gasteiger partial charge in [-0.3, -0.25) is 5.41 Å². The van der Waals surface area contributed by atoms with Gasteiger partial charge in [-0.1, -0.05) is 30.3 Å². The van der Waals surface area contributed by atoms with Crippen molar-refractivity contribution in [1.29, 1.82) is 5.41 Å². The number of H-pyrrole nitrogens is 1. The summed E-state index contributed by atoms with van der Waals surface area (Å²) in [5.74, 6) is 2.13. The molecule has 1 aliphatic heterocycles. The number of hydrogen-bond acceptors (Lipinski definition) is 5. The third-order valence-electron chi connectivity index (χ3n) is 6.05. The molecule has 8 nitrogen and oxygen atoms in total. The standard InChI is InChI=1S/C25H31N5O3S/c1-19-23(12-13-24(26)29-14-16-30(17-15-29)34(2,31)32)28-25(27-19)21-8-10-22(11-9-21)33-18-20-6-4-3-5-7-20/h3-11,26H,12-18H2,1-2H3,(H,27,28). The quantitative estimate of drug-likeness (QED) is 0.379. The number of nitrogens with zero attached hydrogens (tertiary/aromatic N) is 3. The molecular weight excluding hydrogens is 450 g/mol. The van der Waals surface area contributed by atoms with E-state index in [1.54, 1.807) is 0 Å². The molecule has 1 saturated heterocycles. The molecule has 0 atom stereocenters. The van der Waals surface area contributed by atoms with Crippen LogP contribution in [0.5, 0.6) is 5.75 Å². The Bertz CT molecular complexity index is 1220. The first-order chi connectivity index (χ1) is 16.3. The zero-order valence-electron chi connectivity index (χ0n) is 19.6. The van der Waals surface area contributed by atoms with Gasteiger partial charge in [0.15, 0.2) is 0 Å². The van der Waals surface area contributed by atoms with E-state index in [2.05, 4.69) is 4.98 Å². The Labute approximate surface area is 201 Å². The summed E-state index contributed by atoms with van der Waals surface area (Å²) in [6.07, 6.45) is 2.46. The van der Waals surface area contributed by atoms with Gasteiger partial charge in [0.25, 0.3) is 0 Å². The number of benzene rings is 2. The van der Waals surface area contributed by atoms with Crippen LogP contribution in [0.25, 0.3) is 11.4 Å². The lowest BCUT2D eigenvalue weighted by Crippen LogP contribution is -2.50. The summed E-state index contributed by atoms with van der Waals surface area (Å²) in [5.41, 5.74) is 4.04. The fourth-order valence-corrected chi connectivity index (χ4v) is 4.84. The first kappa shape index (κ1) is 24.0. The monoisotopic (exact) mass is 481 g/mol. The van der Waals surface area contributed by atoms with Gasteiger partial charge < -0.3 is 14.6 Å². The molecule has 9 heteroatoms. The van der Waals surface area contributed by atoms with Crippen LogP contribution in [0.3, 0.4) is 0 Å². The van der Waals surface area contributed by atoms with Crippen molar-refractivity contribution in [2.24, 2.45) is 0 Å². The minimum Gasteiger partial charge on any atom is -0.489 e. The molecule has 2 N–H and O–H groups in total. The lowest BCUT2D eigenvalue weighted by molar-refractivity contribution is 0.263. The van der Waals surface area contributed by atoms with Crippen LogP contribution in [0.2, 0.25) is 0 Å². The Kier molecular flexibility index (Phi) is 7.33. The first-order valence-electron chi connectivity index (χ1n) is 11.4. The molecule has 0 spiro atoms. The summed E-state index contributed by atoms with van der Waals surface area (Å²) in [7, 11) is -3.16. The van der Waals surface area contributed by atoms with E-state index in [0.29, 0.717) is 51.5 Å². The molecular formula is C25H31N5O3S. The van der Waals surface area contributed by atoms with E-state index in [1.165, 1.54) is 10.6 Å². The van der Waals surface area contributed by atoms with Crippen molar-refractivity contribution in [3.63, 3.8) is 0 Å². The average molecular weight is 482 g/mol. The molecule has 1 fully saturated rings. The number of hydrogen-bond donors (Lipinski definition) is 2. The van der Waals surface area contributed by atoms with E-state index in [0.717, 1.165) is 34.1 Å². The van der Waals surface area contributed by atoms with Crippen LogP contribution in [0.4, 0.5) is 0 Å². The highest BCUT2D eigenvalue weighted by Gasteiger charge is 2.24. The summed E-state index contributed by atoms with van der Waals surface area (Å²) < 4.78 is 30.7. The van der Waals surface area contributed by atoms with E-state index < -0.39 is 10.0 Å². The molecule has 34 heavy (non-hydrogen) atoms. The second kappa shape index (κ2) is 10.4. The van der Waals surface area contributed by atoms with Crippen LogP contribution >= 0.6 is 0 Å². The molecule has 0 amide bonds. The molecule has 0 aliphatic carbocycles. The van der Waals surface area contributed by atoms with Gasteiger partial charge >= 0.3 is 0 Å². The van der Waals surface area contributed by atoms with Gasteiger partial charge in [0.1, 0.15) is 18.2 Å². The highest BCUT2D eigenvalue weighted by Crippen LogP contribution is 2.23. The topological polar surface area (TPSA) is 102 Å². The molecule has 3 aromatic rings. The number of nitrogens with one attached hydrogen (secondary N) is 2. The maximum absolute atomic E-state index is 11.7. The summed E-state index contributed by atoms with van der Waals surface area (Å²) >= 11 is 0. The molecule has 1 aliphatic rings. The van der Waals surface area contributed by atoms with Crippen molar-refractivity contribution in [2.75, 3.05) is 32.4 Å². The number of aromatic nitrogens is 2. The van der Waals surface area contributed by atoms with Crippen molar-refractivity contribution in [1.82, 2.24) is 19.2 Å². The van der Waals surface area contributed by atoms with Crippen LogP contribution in [0, 0.1) is 12.3 Å². The lowest BCUT2D eigenvalue weighted by Gasteiger charge is -2.34. The fourth-order valence-electron chi connectivity index (χ4n) is 4.01. The van der Waals surface area contributed by atoms with Gasteiger partial charge in [0.2, 0.25) is 10.0 Å². The second-order valence-corrected chi connectivity index (χ2v) is 10.5. The SMILES string of the molecule is Cc1[nH]c(-c2ccc(OCc3ccccc3)cc2)nc1CCC(=N)N1CCN(S(C)(=O)=O)CC1. The van der Waals surface area contributed by atoms with Crippen LogP contribution < -0.4 is 4.74 Å². The maximum Gasteiger partial charge on any atom is 0.211 e. The smallest absolute Gasteiger partial charge is 0.211 e. The Morgan fingerprint density at radius 3 is 2.38 bits per heavy atom. The lowest BCUT2D eigenvalue weighted by atomic mass is 10.2. The number of piperazine rings is 1. The van der Waals surface area contributed by atoms with Crippen LogP contribution in [0.1, 0.15) is 23.4 Å². The highest BCUT2D eigenvalue weighted by molar-refractivity contribution is 7.88. The maximum atomic E-state index is 11.7. The van der Waals surface area contributed by atoms with Crippen molar-refractivity contribution in [2.45, 2.75) is 26.4 Å². The van der Waals surface area contributed by atoms with Gasteiger partial charge in [-0.15, -0.1) is 0 Å².